The van der Waals surface area contributed by atoms with Crippen molar-refractivity contribution in [3.63, 3.8) is 0 Å². The molecule has 296 valence electrons. The monoisotopic (exact) mass is 793 g/mol. The molecule has 0 saturated carbocycles. The van der Waals surface area contributed by atoms with Gasteiger partial charge in [0.25, 0.3) is 0 Å². The summed E-state index contributed by atoms with van der Waals surface area (Å²) in [6.07, 6.45) is 0. The Kier molecular flexibility index (Phi) is 11.1. The van der Waals surface area contributed by atoms with Gasteiger partial charge in [0, 0.05) is 39.3 Å². The van der Waals surface area contributed by atoms with Crippen molar-refractivity contribution in [1.29, 1.82) is 0 Å². The maximum atomic E-state index is 3.65. The van der Waals surface area contributed by atoms with Crippen molar-refractivity contribution in [3.05, 3.63) is 238 Å². The molecule has 9 rings (SSSR count). The molecule has 0 unspecified atom stereocenters. The molecule has 0 bridgehead atoms. The third-order valence-corrected chi connectivity index (χ3v) is 12.0. The molecular weight excluding hydrogens is 745 g/mol. The minimum absolute atomic E-state index is 0.121. The van der Waals surface area contributed by atoms with Gasteiger partial charge in [0.1, 0.15) is 0 Å². The fraction of sp³-hybridized carbons (Fsp3) is 0.100. The molecule has 0 spiro atoms. The topological polar surface area (TPSA) is 3.24 Å². The molecule has 62 heavy (non-hydrogen) atoms. The molecule has 0 N–H and O–H groups in total. The largest absolute Gasteiger partial charge is 0.311 e. The molecule has 0 radical (unpaired) electrons. The van der Waals surface area contributed by atoms with E-state index in [0.29, 0.717) is 0 Å². The first-order valence-electron chi connectivity index (χ1n) is 21.5. The Morgan fingerprint density at radius 2 is 0.661 bits per heavy atom. The first kappa shape index (κ1) is 39.9. The number of rotatable bonds is 6. The molecule has 0 amide bonds. The molecule has 0 aliphatic carbocycles. The Hall–Kier alpha value is -7.52. The quantitative estimate of drug-likeness (QED) is 0.0921. The lowest BCUT2D eigenvalue weighted by atomic mass is 9.34. The number of anilines is 3. The van der Waals surface area contributed by atoms with E-state index in [1.54, 1.807) is 0 Å². The molecule has 0 heterocycles. The molecule has 0 aromatic heterocycles. The summed E-state index contributed by atoms with van der Waals surface area (Å²) in [5, 5.41) is 4.41. The van der Waals surface area contributed by atoms with Crippen molar-refractivity contribution in [2.75, 3.05) is 4.90 Å². The minimum Gasteiger partial charge on any atom is -0.311 e. The van der Waals surface area contributed by atoms with E-state index in [0.717, 1.165) is 60.9 Å². The van der Waals surface area contributed by atoms with Gasteiger partial charge in [0.15, 0.2) is 0 Å². The van der Waals surface area contributed by atoms with Crippen molar-refractivity contribution in [3.8, 4) is 23.7 Å². The number of hydrogen-bond acceptors (Lipinski definition) is 1. The lowest BCUT2D eigenvalue weighted by Gasteiger charge is -2.25. The standard InChI is InChI=1S/C60H48BN/c1-41-37-43(3)59(44(4)38-41)61(60-45(5)39-42(2)40-46(60)6)49-31-25-47(26-32-49)29-35-57-53-21-13-15-23-55(53)58(56-24-16-14-22-54(56)57)36-30-48-27-33-52(34-28-48)62(50-17-9-7-10-18-50)51-19-11-8-12-20-51/h7-28,31-34,37-40H,1-6H3. The summed E-state index contributed by atoms with van der Waals surface area (Å²) in [7, 11) is 0. The summed E-state index contributed by atoms with van der Waals surface area (Å²) in [5.74, 6) is 14.4. The highest BCUT2D eigenvalue weighted by Crippen LogP contribution is 2.35. The zero-order valence-electron chi connectivity index (χ0n) is 36.3. The number of benzene rings is 9. The predicted octanol–water partition coefficient (Wildman–Crippen LogP) is 12.6. The van der Waals surface area contributed by atoms with Crippen molar-refractivity contribution in [1.82, 2.24) is 0 Å². The first-order chi connectivity index (χ1) is 30.2. The van der Waals surface area contributed by atoms with Gasteiger partial charge in [-0.15, -0.1) is 0 Å². The zero-order valence-corrected chi connectivity index (χ0v) is 36.3. The van der Waals surface area contributed by atoms with Crippen LogP contribution < -0.4 is 21.3 Å². The van der Waals surface area contributed by atoms with Gasteiger partial charge in [-0.1, -0.05) is 195 Å². The van der Waals surface area contributed by atoms with Gasteiger partial charge in [-0.2, -0.15) is 0 Å². The average Bonchev–Trinajstić information content (AvgIpc) is 3.28. The second-order valence-electron chi connectivity index (χ2n) is 16.6. The molecule has 1 nitrogen and oxygen atoms in total. The fourth-order valence-electron chi connectivity index (χ4n) is 9.49. The molecule has 2 heteroatoms. The second kappa shape index (κ2) is 17.2. The maximum absolute atomic E-state index is 3.65. The Labute approximate surface area is 367 Å². The van der Waals surface area contributed by atoms with Crippen LogP contribution in [0.3, 0.4) is 0 Å². The number of para-hydroxylation sites is 2. The Bertz CT molecular complexity index is 3030. The maximum Gasteiger partial charge on any atom is 0.242 e. The van der Waals surface area contributed by atoms with Gasteiger partial charge in [-0.3, -0.25) is 0 Å². The summed E-state index contributed by atoms with van der Waals surface area (Å²) >= 11 is 0. The van der Waals surface area contributed by atoms with Crippen LogP contribution in [0.1, 0.15) is 55.6 Å². The highest BCUT2D eigenvalue weighted by atomic mass is 15.1. The average molecular weight is 794 g/mol. The molecule has 0 atom stereocenters. The van der Waals surface area contributed by atoms with Crippen molar-refractivity contribution in [2.24, 2.45) is 0 Å². The SMILES string of the molecule is Cc1cc(C)c(B(c2ccc(C#Cc3c4ccccc4c(C#Cc4ccc(N(c5ccccc5)c5ccccc5)cc4)c4ccccc34)cc2)c2c(C)cc(C)cc2C)c(C)c1. The van der Waals surface area contributed by atoms with Crippen molar-refractivity contribution < 1.29 is 0 Å². The minimum atomic E-state index is 0.121. The van der Waals surface area contributed by atoms with Gasteiger partial charge in [0.05, 0.1) is 0 Å². The third-order valence-electron chi connectivity index (χ3n) is 12.0. The first-order valence-corrected chi connectivity index (χ1v) is 21.5. The normalized spacial score (nSPS) is 10.8. The summed E-state index contributed by atoms with van der Waals surface area (Å²) in [6, 6.07) is 64.9. The summed E-state index contributed by atoms with van der Waals surface area (Å²) in [4.78, 5) is 2.27. The summed E-state index contributed by atoms with van der Waals surface area (Å²) in [5.41, 5.74) is 19.2. The van der Waals surface area contributed by atoms with Crippen LogP contribution in [0.2, 0.25) is 0 Å². The van der Waals surface area contributed by atoms with Crippen LogP contribution in [0.4, 0.5) is 17.1 Å². The van der Waals surface area contributed by atoms with Gasteiger partial charge in [-0.25, -0.2) is 0 Å². The van der Waals surface area contributed by atoms with Crippen LogP contribution >= 0.6 is 0 Å². The van der Waals surface area contributed by atoms with E-state index >= 15 is 0 Å². The fourth-order valence-corrected chi connectivity index (χ4v) is 9.49. The van der Waals surface area contributed by atoms with Crippen LogP contribution in [0, 0.1) is 65.2 Å². The van der Waals surface area contributed by atoms with Crippen molar-refractivity contribution in [2.45, 2.75) is 41.5 Å². The van der Waals surface area contributed by atoms with Gasteiger partial charge < -0.3 is 4.90 Å². The number of aryl methyl sites for hydroxylation is 6. The molecule has 0 fully saturated rings. The third kappa shape index (κ3) is 7.93. The Balaban J connectivity index is 1.08. The summed E-state index contributed by atoms with van der Waals surface area (Å²) in [6.45, 7) is 13.5. The predicted molar refractivity (Wildman–Crippen MR) is 267 cm³/mol. The van der Waals surface area contributed by atoms with Crippen molar-refractivity contribution >= 4 is 61.7 Å². The van der Waals surface area contributed by atoms with E-state index < -0.39 is 0 Å². The van der Waals surface area contributed by atoms with E-state index in [-0.39, 0.29) is 6.71 Å². The van der Waals surface area contributed by atoms with E-state index in [2.05, 4.69) is 240 Å². The lowest BCUT2D eigenvalue weighted by molar-refractivity contribution is 1.28. The second-order valence-corrected chi connectivity index (χ2v) is 16.6. The van der Waals surface area contributed by atoms with E-state index in [1.807, 2.05) is 12.1 Å². The molecule has 9 aromatic carbocycles. The number of nitrogens with zero attached hydrogens (tertiary/aromatic N) is 1. The number of fused-ring (bicyclic) bond motifs is 2. The van der Waals surface area contributed by atoms with E-state index in [1.165, 1.54) is 49.8 Å². The zero-order chi connectivity index (χ0) is 42.7. The molecule has 0 saturated heterocycles. The van der Waals surface area contributed by atoms with Crippen LogP contribution in [-0.4, -0.2) is 6.71 Å². The van der Waals surface area contributed by atoms with E-state index in [9.17, 15) is 0 Å². The molecule has 9 aromatic rings. The van der Waals surface area contributed by atoms with Crippen LogP contribution in [0.15, 0.2) is 182 Å². The van der Waals surface area contributed by atoms with Crippen LogP contribution in [-0.2, 0) is 0 Å². The van der Waals surface area contributed by atoms with Gasteiger partial charge >= 0.3 is 0 Å². The van der Waals surface area contributed by atoms with Gasteiger partial charge in [-0.05, 0) is 124 Å². The smallest absolute Gasteiger partial charge is 0.242 e. The van der Waals surface area contributed by atoms with Gasteiger partial charge in [0.2, 0.25) is 6.71 Å². The van der Waals surface area contributed by atoms with Crippen LogP contribution in [0.5, 0.6) is 0 Å². The highest BCUT2D eigenvalue weighted by molar-refractivity contribution is 6.96. The van der Waals surface area contributed by atoms with E-state index in [4.69, 9.17) is 0 Å². The highest BCUT2D eigenvalue weighted by Gasteiger charge is 2.28. The molecule has 0 aliphatic heterocycles. The Morgan fingerprint density at radius 3 is 1.03 bits per heavy atom. The number of hydrogen-bond donors (Lipinski definition) is 0. The van der Waals surface area contributed by atoms with Crippen LogP contribution in [0.25, 0.3) is 21.5 Å². The summed E-state index contributed by atoms with van der Waals surface area (Å²) < 4.78 is 0. The molecule has 0 aliphatic rings. The Morgan fingerprint density at radius 1 is 0.339 bits per heavy atom. The molecular formula is C60H48BN. The lowest BCUT2D eigenvalue weighted by Crippen LogP contribution is -2.55.